The Morgan fingerprint density at radius 3 is 3.09 bits per heavy atom. The second-order valence-electron chi connectivity index (χ2n) is 6.63. The maximum Gasteiger partial charge on any atom is 0.191 e. The zero-order valence-electron chi connectivity index (χ0n) is 12.8. The highest BCUT2D eigenvalue weighted by atomic mass is 19.1. The average Bonchev–Trinajstić information content (AvgIpc) is 2.87. The molecule has 1 aromatic heterocycles. The van der Waals surface area contributed by atoms with Crippen LogP contribution in [0.1, 0.15) is 37.8 Å². The van der Waals surface area contributed by atoms with E-state index in [4.69, 9.17) is 5.41 Å². The van der Waals surface area contributed by atoms with Crippen molar-refractivity contribution in [2.24, 2.45) is 16.4 Å². The van der Waals surface area contributed by atoms with Crippen LogP contribution in [0.2, 0.25) is 0 Å². The van der Waals surface area contributed by atoms with E-state index in [1.165, 1.54) is 38.1 Å². The molecule has 2 saturated carbocycles. The van der Waals surface area contributed by atoms with Crippen molar-refractivity contribution >= 4 is 23.7 Å². The number of hydrogen-bond acceptors (Lipinski definition) is 7. The Kier molecular flexibility index (Phi) is 3.39. The third-order valence-corrected chi connectivity index (χ3v) is 5.12. The number of aromatic nitrogens is 2. The smallest absolute Gasteiger partial charge is 0.191 e. The first-order chi connectivity index (χ1) is 11.2. The number of nitrogens with zero attached hydrogens (tertiary/aromatic N) is 3. The minimum absolute atomic E-state index is 0.182. The zero-order chi connectivity index (χ0) is 15.9. The molecule has 23 heavy (non-hydrogen) atoms. The lowest BCUT2D eigenvalue weighted by Crippen LogP contribution is -2.19. The van der Waals surface area contributed by atoms with Crippen molar-refractivity contribution in [1.82, 2.24) is 15.4 Å². The molecular weight excluding hydrogens is 297 g/mol. The van der Waals surface area contributed by atoms with Crippen LogP contribution in [-0.2, 0) is 0 Å². The molecule has 4 N–H and O–H groups in total. The van der Waals surface area contributed by atoms with E-state index in [9.17, 15) is 4.39 Å². The molecule has 3 aliphatic rings. The minimum atomic E-state index is -1.16. The maximum atomic E-state index is 13.1. The first-order valence-corrected chi connectivity index (χ1v) is 8.03. The lowest BCUT2D eigenvalue weighted by Gasteiger charge is -2.15. The molecule has 2 aliphatic carbocycles. The lowest BCUT2D eigenvalue weighted by molar-refractivity contribution is 0.305. The average molecular weight is 317 g/mol. The summed E-state index contributed by atoms with van der Waals surface area (Å²) in [5, 5.41) is 17.7. The number of anilines is 2. The van der Waals surface area contributed by atoms with Crippen LogP contribution in [0, 0.1) is 16.7 Å². The number of nitrogens with one attached hydrogen (secondary N) is 4. The summed E-state index contributed by atoms with van der Waals surface area (Å²) < 4.78 is 13.1. The van der Waals surface area contributed by atoms with Gasteiger partial charge in [-0.3, -0.25) is 5.43 Å². The molecule has 0 saturated heterocycles. The van der Waals surface area contributed by atoms with Crippen molar-refractivity contribution in [2.75, 3.05) is 17.2 Å². The Labute approximate surface area is 133 Å². The molecule has 1 aromatic rings. The topological polar surface area (TPSA) is 98.1 Å². The quantitative estimate of drug-likeness (QED) is 0.492. The minimum Gasteiger partial charge on any atom is -0.368 e. The normalized spacial score (nSPS) is 31.1. The van der Waals surface area contributed by atoms with Gasteiger partial charge in [-0.05, 0) is 30.6 Å². The fraction of sp³-hybridized carbons (Fsp3) is 0.600. The number of amidine groups is 1. The summed E-state index contributed by atoms with van der Waals surface area (Å²) in [7, 11) is 0. The Hall–Kier alpha value is -2.25. The first-order valence-electron chi connectivity index (χ1n) is 8.03. The second-order valence-corrected chi connectivity index (χ2v) is 6.63. The molecule has 2 heterocycles. The van der Waals surface area contributed by atoms with Crippen LogP contribution in [-0.4, -0.2) is 34.9 Å². The highest BCUT2D eigenvalue weighted by molar-refractivity contribution is 5.96. The van der Waals surface area contributed by atoms with E-state index < -0.39 is 6.30 Å². The van der Waals surface area contributed by atoms with Gasteiger partial charge in [-0.2, -0.15) is 5.10 Å². The van der Waals surface area contributed by atoms with Crippen molar-refractivity contribution < 1.29 is 4.39 Å². The van der Waals surface area contributed by atoms with Crippen LogP contribution in [0.4, 0.5) is 16.0 Å². The maximum absolute atomic E-state index is 13.1. The summed E-state index contributed by atoms with van der Waals surface area (Å²) in [6.45, 7) is 0.881. The number of halogens is 1. The van der Waals surface area contributed by atoms with Gasteiger partial charge in [0, 0.05) is 12.8 Å². The predicted octanol–water partition coefficient (Wildman–Crippen LogP) is 2.09. The van der Waals surface area contributed by atoms with Crippen LogP contribution in [0.5, 0.6) is 0 Å². The first kappa shape index (κ1) is 14.3. The van der Waals surface area contributed by atoms with E-state index in [0.717, 1.165) is 12.5 Å². The van der Waals surface area contributed by atoms with Crippen molar-refractivity contribution in [1.29, 1.82) is 5.41 Å². The Morgan fingerprint density at radius 2 is 2.43 bits per heavy atom. The molecule has 0 amide bonds. The molecule has 0 radical (unpaired) electrons. The monoisotopic (exact) mass is 317 g/mol. The Morgan fingerprint density at radius 1 is 1.52 bits per heavy atom. The van der Waals surface area contributed by atoms with Gasteiger partial charge in [0.15, 0.2) is 17.9 Å². The lowest BCUT2D eigenvalue weighted by atomic mass is 10.0. The molecule has 1 aliphatic heterocycles. The summed E-state index contributed by atoms with van der Waals surface area (Å²) >= 11 is 0. The van der Waals surface area contributed by atoms with Crippen molar-refractivity contribution in [2.45, 2.75) is 38.4 Å². The van der Waals surface area contributed by atoms with Crippen molar-refractivity contribution in [3.8, 4) is 0 Å². The Bertz CT molecular complexity index is 661. The van der Waals surface area contributed by atoms with Gasteiger partial charge >= 0.3 is 0 Å². The van der Waals surface area contributed by atoms with Gasteiger partial charge < -0.3 is 16.0 Å². The predicted molar refractivity (Wildman–Crippen MR) is 86.5 cm³/mol. The summed E-state index contributed by atoms with van der Waals surface area (Å²) in [6, 6.07) is 0. The van der Waals surface area contributed by atoms with Gasteiger partial charge in [-0.25, -0.2) is 14.4 Å². The van der Waals surface area contributed by atoms with E-state index in [1.807, 2.05) is 0 Å². The van der Waals surface area contributed by atoms with Gasteiger partial charge in [0.1, 0.15) is 11.5 Å². The van der Waals surface area contributed by atoms with E-state index >= 15 is 0 Å². The highest BCUT2D eigenvalue weighted by Crippen LogP contribution is 2.63. The summed E-state index contributed by atoms with van der Waals surface area (Å²) in [6.07, 6.45) is 6.98. The Balaban J connectivity index is 1.46. The number of hydrazone groups is 1. The zero-order valence-corrected chi connectivity index (χ0v) is 12.8. The van der Waals surface area contributed by atoms with Gasteiger partial charge in [0.05, 0.1) is 12.6 Å². The fourth-order valence-electron chi connectivity index (χ4n) is 3.74. The van der Waals surface area contributed by atoms with Gasteiger partial charge in [0.2, 0.25) is 0 Å². The number of hydrogen-bond donors (Lipinski definition) is 4. The number of fused-ring (bicyclic) bond motifs is 1. The van der Waals surface area contributed by atoms with Crippen LogP contribution >= 0.6 is 0 Å². The third-order valence-electron chi connectivity index (χ3n) is 5.12. The van der Waals surface area contributed by atoms with Crippen molar-refractivity contribution in [3.05, 3.63) is 11.9 Å². The molecule has 3 atom stereocenters. The van der Waals surface area contributed by atoms with Gasteiger partial charge in [-0.15, -0.1) is 0 Å². The molecule has 0 aromatic carbocycles. The second kappa shape index (κ2) is 5.43. The molecule has 2 fully saturated rings. The molecule has 8 heteroatoms. The van der Waals surface area contributed by atoms with Gasteiger partial charge in [-0.1, -0.05) is 6.42 Å². The van der Waals surface area contributed by atoms with E-state index in [1.54, 1.807) is 0 Å². The standard InChI is InChI=1S/C15H20FN7/c16-11-4-12(23-22-11)20-13-7-18-10(6-17)14(21-13)19-8-15-3-1-2-9(15)5-15/h6-7,9,11,17,22H,1-5,8H2,(H2,19,20,21,23). The molecular formula is C15H20FN7. The van der Waals surface area contributed by atoms with E-state index in [2.05, 4.69) is 31.1 Å². The van der Waals surface area contributed by atoms with Crippen LogP contribution < -0.4 is 16.1 Å². The molecule has 0 bridgehead atoms. The molecule has 7 nitrogen and oxygen atoms in total. The van der Waals surface area contributed by atoms with Crippen molar-refractivity contribution in [3.63, 3.8) is 0 Å². The van der Waals surface area contributed by atoms with E-state index in [-0.39, 0.29) is 6.42 Å². The van der Waals surface area contributed by atoms with Gasteiger partial charge in [0.25, 0.3) is 0 Å². The number of rotatable bonds is 5. The fourth-order valence-corrected chi connectivity index (χ4v) is 3.74. The number of alkyl halides is 1. The van der Waals surface area contributed by atoms with E-state index in [0.29, 0.717) is 28.6 Å². The van der Waals surface area contributed by atoms with Crippen LogP contribution in [0.25, 0.3) is 0 Å². The molecule has 0 spiro atoms. The molecule has 3 unspecified atom stereocenters. The summed E-state index contributed by atoms with van der Waals surface area (Å²) in [5.74, 6) is 2.45. The molecule has 4 rings (SSSR count). The SMILES string of the molecule is N=Cc1ncc(NC2=NNC(F)C2)nc1NCC12CCCC1C2. The van der Waals surface area contributed by atoms with Crippen LogP contribution in [0.15, 0.2) is 11.3 Å². The summed E-state index contributed by atoms with van der Waals surface area (Å²) in [4.78, 5) is 8.72. The molecule has 122 valence electrons. The highest BCUT2D eigenvalue weighted by Gasteiger charge is 2.56. The summed E-state index contributed by atoms with van der Waals surface area (Å²) in [5.41, 5.74) is 3.31. The van der Waals surface area contributed by atoms with Crippen LogP contribution in [0.3, 0.4) is 0 Å². The third kappa shape index (κ3) is 2.73. The largest absolute Gasteiger partial charge is 0.368 e.